The number of aryl methyl sites for hydroxylation is 2. The summed E-state index contributed by atoms with van der Waals surface area (Å²) in [5.74, 6) is 0. The van der Waals surface area contributed by atoms with E-state index in [1.165, 1.54) is 29.5 Å². The van der Waals surface area contributed by atoms with Crippen molar-refractivity contribution in [1.29, 1.82) is 0 Å². The molecule has 0 radical (unpaired) electrons. The van der Waals surface area contributed by atoms with Crippen molar-refractivity contribution in [1.82, 2.24) is 15.5 Å². The van der Waals surface area contributed by atoms with Gasteiger partial charge in [0.05, 0.1) is 5.69 Å². The molecule has 1 fully saturated rings. The Hall–Kier alpha value is -1.61. The molecule has 1 aromatic carbocycles. The Bertz CT molecular complexity index is 553. The summed E-state index contributed by atoms with van der Waals surface area (Å²) in [6.07, 6.45) is 2.64. The Morgan fingerprint density at radius 1 is 1.28 bits per heavy atom. The van der Waals surface area contributed by atoms with Crippen LogP contribution >= 0.6 is 0 Å². The number of rotatable bonds is 4. The van der Waals surface area contributed by atoms with Crippen LogP contribution in [-0.4, -0.2) is 16.2 Å². The molecule has 94 valence electrons. The topological polar surface area (TPSA) is 40.7 Å². The first-order valence-electron chi connectivity index (χ1n) is 6.57. The predicted molar refractivity (Wildman–Crippen MR) is 73.4 cm³/mol. The largest absolute Gasteiger partial charge is 0.308 e. The Labute approximate surface area is 108 Å². The lowest BCUT2D eigenvalue weighted by Gasteiger charge is -2.03. The van der Waals surface area contributed by atoms with Gasteiger partial charge < -0.3 is 5.32 Å². The third-order valence-electron chi connectivity index (χ3n) is 3.45. The van der Waals surface area contributed by atoms with E-state index < -0.39 is 0 Å². The van der Waals surface area contributed by atoms with Crippen molar-refractivity contribution in [2.24, 2.45) is 0 Å². The van der Waals surface area contributed by atoms with Gasteiger partial charge in [-0.3, -0.25) is 5.10 Å². The third kappa shape index (κ3) is 2.46. The minimum atomic E-state index is 0.734. The maximum atomic E-state index is 4.41. The molecule has 18 heavy (non-hydrogen) atoms. The molecule has 1 aromatic heterocycles. The van der Waals surface area contributed by atoms with Crippen molar-refractivity contribution < 1.29 is 0 Å². The summed E-state index contributed by atoms with van der Waals surface area (Å²) in [6, 6.07) is 9.37. The molecule has 0 spiro atoms. The lowest BCUT2D eigenvalue weighted by molar-refractivity contribution is 0.672. The third-order valence-corrected chi connectivity index (χ3v) is 3.45. The first-order valence-corrected chi connectivity index (χ1v) is 6.57. The van der Waals surface area contributed by atoms with Crippen molar-refractivity contribution in [3.63, 3.8) is 0 Å². The number of aromatic nitrogens is 2. The van der Waals surface area contributed by atoms with E-state index in [0.29, 0.717) is 0 Å². The number of aromatic amines is 1. The zero-order valence-corrected chi connectivity index (χ0v) is 11.0. The average molecular weight is 241 g/mol. The van der Waals surface area contributed by atoms with Crippen LogP contribution in [0.5, 0.6) is 0 Å². The van der Waals surface area contributed by atoms with E-state index in [-0.39, 0.29) is 0 Å². The molecule has 3 rings (SSSR count). The first-order chi connectivity index (χ1) is 8.72. The van der Waals surface area contributed by atoms with E-state index in [9.17, 15) is 0 Å². The summed E-state index contributed by atoms with van der Waals surface area (Å²) >= 11 is 0. The predicted octanol–water partition coefficient (Wildman–Crippen LogP) is 2.95. The van der Waals surface area contributed by atoms with E-state index in [1.54, 1.807) is 0 Å². The number of hydrogen-bond acceptors (Lipinski definition) is 2. The Balaban J connectivity index is 1.78. The molecule has 2 aromatic rings. The van der Waals surface area contributed by atoms with Gasteiger partial charge in [0, 0.05) is 23.8 Å². The van der Waals surface area contributed by atoms with Crippen LogP contribution in [-0.2, 0) is 6.54 Å². The Morgan fingerprint density at radius 2 is 2.11 bits per heavy atom. The van der Waals surface area contributed by atoms with Gasteiger partial charge in [-0.05, 0) is 38.3 Å². The number of hydrogen-bond donors (Lipinski definition) is 2. The summed E-state index contributed by atoms with van der Waals surface area (Å²) in [5.41, 5.74) is 6.00. The second-order valence-corrected chi connectivity index (χ2v) is 5.25. The standard InChI is InChI=1S/C15H19N3/c1-10-3-6-14(11(2)7-10)15-8-13(17-18-15)9-16-12-4-5-12/h3,6-8,12,16H,4-5,9H2,1-2H3,(H,17,18). The van der Waals surface area contributed by atoms with Gasteiger partial charge in [0.2, 0.25) is 0 Å². The fourth-order valence-corrected chi connectivity index (χ4v) is 2.23. The smallest absolute Gasteiger partial charge is 0.0926 e. The van der Waals surface area contributed by atoms with Crippen molar-refractivity contribution in [2.75, 3.05) is 0 Å². The lowest BCUT2D eigenvalue weighted by Crippen LogP contribution is -2.15. The molecule has 3 nitrogen and oxygen atoms in total. The zero-order chi connectivity index (χ0) is 12.5. The van der Waals surface area contributed by atoms with Crippen LogP contribution in [0.15, 0.2) is 24.3 Å². The molecular weight excluding hydrogens is 222 g/mol. The van der Waals surface area contributed by atoms with Gasteiger partial charge in [-0.25, -0.2) is 0 Å². The molecule has 1 heterocycles. The van der Waals surface area contributed by atoms with Gasteiger partial charge in [-0.2, -0.15) is 5.10 Å². The second kappa shape index (κ2) is 4.58. The van der Waals surface area contributed by atoms with Crippen molar-refractivity contribution >= 4 is 0 Å². The van der Waals surface area contributed by atoms with E-state index in [2.05, 4.69) is 53.6 Å². The van der Waals surface area contributed by atoms with Crippen molar-refractivity contribution in [2.45, 2.75) is 39.3 Å². The fraction of sp³-hybridized carbons (Fsp3) is 0.400. The minimum Gasteiger partial charge on any atom is -0.308 e. The Kier molecular flexibility index (Phi) is 2.92. The summed E-state index contributed by atoms with van der Waals surface area (Å²) in [5, 5.41) is 11.0. The van der Waals surface area contributed by atoms with E-state index >= 15 is 0 Å². The van der Waals surface area contributed by atoms with Crippen LogP contribution < -0.4 is 5.32 Å². The molecule has 0 amide bonds. The summed E-state index contributed by atoms with van der Waals surface area (Å²) in [6.45, 7) is 5.15. The fourth-order valence-electron chi connectivity index (χ4n) is 2.23. The summed E-state index contributed by atoms with van der Waals surface area (Å²) < 4.78 is 0. The zero-order valence-electron chi connectivity index (χ0n) is 11.0. The maximum absolute atomic E-state index is 4.41. The molecule has 0 aliphatic heterocycles. The number of H-pyrrole nitrogens is 1. The highest BCUT2D eigenvalue weighted by Crippen LogP contribution is 2.23. The highest BCUT2D eigenvalue weighted by Gasteiger charge is 2.20. The van der Waals surface area contributed by atoms with Crippen LogP contribution in [0.4, 0.5) is 0 Å². The lowest BCUT2D eigenvalue weighted by atomic mass is 10.0. The molecule has 0 saturated heterocycles. The van der Waals surface area contributed by atoms with Gasteiger partial charge >= 0.3 is 0 Å². The van der Waals surface area contributed by atoms with Gasteiger partial charge in [-0.15, -0.1) is 0 Å². The quantitative estimate of drug-likeness (QED) is 0.864. The van der Waals surface area contributed by atoms with E-state index in [4.69, 9.17) is 0 Å². The molecular formula is C15H19N3. The summed E-state index contributed by atoms with van der Waals surface area (Å²) in [7, 11) is 0. The SMILES string of the molecule is Cc1ccc(-c2cc(CNC3CC3)[nH]n2)c(C)c1. The van der Waals surface area contributed by atoms with Gasteiger partial charge in [0.1, 0.15) is 0 Å². The minimum absolute atomic E-state index is 0.734. The van der Waals surface area contributed by atoms with Gasteiger partial charge in [0.25, 0.3) is 0 Å². The van der Waals surface area contributed by atoms with E-state index in [0.717, 1.165) is 24.0 Å². The number of benzene rings is 1. The molecule has 0 bridgehead atoms. The van der Waals surface area contributed by atoms with E-state index in [1.807, 2.05) is 0 Å². The first kappa shape index (κ1) is 11.5. The monoisotopic (exact) mass is 241 g/mol. The van der Waals surface area contributed by atoms with Crippen molar-refractivity contribution in [3.05, 3.63) is 41.1 Å². The van der Waals surface area contributed by atoms with Crippen molar-refractivity contribution in [3.8, 4) is 11.3 Å². The van der Waals surface area contributed by atoms with Crippen LogP contribution in [0.25, 0.3) is 11.3 Å². The van der Waals surface area contributed by atoms with Crippen LogP contribution in [0.2, 0.25) is 0 Å². The normalized spacial score (nSPS) is 15.0. The molecule has 1 aliphatic rings. The molecule has 2 N–H and O–H groups in total. The van der Waals surface area contributed by atoms with Gasteiger partial charge in [-0.1, -0.05) is 23.8 Å². The maximum Gasteiger partial charge on any atom is 0.0926 e. The number of nitrogens with one attached hydrogen (secondary N) is 2. The second-order valence-electron chi connectivity index (χ2n) is 5.25. The Morgan fingerprint density at radius 3 is 2.83 bits per heavy atom. The summed E-state index contributed by atoms with van der Waals surface area (Å²) in [4.78, 5) is 0. The highest BCUT2D eigenvalue weighted by molar-refractivity contribution is 5.64. The molecule has 0 unspecified atom stereocenters. The van der Waals surface area contributed by atoms with Crippen LogP contribution in [0.1, 0.15) is 29.7 Å². The number of nitrogens with zero attached hydrogens (tertiary/aromatic N) is 1. The van der Waals surface area contributed by atoms with Crippen LogP contribution in [0, 0.1) is 13.8 Å². The average Bonchev–Trinajstić information content (AvgIpc) is 3.05. The molecule has 1 saturated carbocycles. The molecule has 1 aliphatic carbocycles. The molecule has 3 heteroatoms. The highest BCUT2D eigenvalue weighted by atomic mass is 15.1. The van der Waals surface area contributed by atoms with Crippen LogP contribution in [0.3, 0.4) is 0 Å². The molecule has 0 atom stereocenters. The van der Waals surface area contributed by atoms with Gasteiger partial charge in [0.15, 0.2) is 0 Å².